The molecule has 124 valence electrons. The Morgan fingerprint density at radius 1 is 1.27 bits per heavy atom. The number of hydrogen-bond acceptors (Lipinski definition) is 6. The van der Waals surface area contributed by atoms with Gasteiger partial charge in [-0.3, -0.25) is 4.79 Å². The molecule has 8 nitrogen and oxygen atoms in total. The molecule has 0 radical (unpaired) electrons. The highest BCUT2D eigenvalue weighted by Gasteiger charge is 2.34. The number of rotatable bonds is 5. The molecule has 22 heavy (non-hydrogen) atoms. The number of aryl methyl sites for hydroxylation is 2. The van der Waals surface area contributed by atoms with Gasteiger partial charge in [0.05, 0.1) is 13.0 Å². The van der Waals surface area contributed by atoms with Crippen LogP contribution in [0.1, 0.15) is 17.9 Å². The molecule has 0 saturated carbocycles. The summed E-state index contributed by atoms with van der Waals surface area (Å²) >= 11 is 0. The van der Waals surface area contributed by atoms with Gasteiger partial charge in [0.1, 0.15) is 10.6 Å². The van der Waals surface area contributed by atoms with Crippen LogP contribution < -0.4 is 0 Å². The highest BCUT2D eigenvalue weighted by molar-refractivity contribution is 7.89. The molecular weight excluding hydrogens is 310 g/mol. The van der Waals surface area contributed by atoms with Crippen LogP contribution >= 0.6 is 0 Å². The Morgan fingerprint density at radius 3 is 2.41 bits per heavy atom. The molecule has 1 saturated heterocycles. The molecule has 1 fully saturated rings. The van der Waals surface area contributed by atoms with Crippen LogP contribution in [0.4, 0.5) is 0 Å². The molecule has 0 unspecified atom stereocenters. The third-order valence-electron chi connectivity index (χ3n) is 3.68. The maximum Gasteiger partial charge on any atom is 0.248 e. The van der Waals surface area contributed by atoms with Crippen LogP contribution in [-0.2, 0) is 19.6 Å². The van der Waals surface area contributed by atoms with Crippen molar-refractivity contribution in [3.8, 4) is 0 Å². The Hall–Kier alpha value is -1.45. The van der Waals surface area contributed by atoms with Crippen molar-refractivity contribution in [1.82, 2.24) is 14.4 Å². The maximum absolute atomic E-state index is 12.6. The van der Waals surface area contributed by atoms with Gasteiger partial charge in [0.2, 0.25) is 15.9 Å². The number of hydrogen-bond donors (Lipinski definition) is 0. The summed E-state index contributed by atoms with van der Waals surface area (Å²) in [5.41, 5.74) is 0.358. The normalized spacial score (nSPS) is 17.0. The fraction of sp³-hybridized carbons (Fsp3) is 0.692. The average molecular weight is 331 g/mol. The van der Waals surface area contributed by atoms with E-state index in [1.165, 1.54) is 4.31 Å². The van der Waals surface area contributed by atoms with Gasteiger partial charge in [-0.25, -0.2) is 8.42 Å². The fourth-order valence-corrected chi connectivity index (χ4v) is 4.21. The number of carbonyl (C=O) groups is 1. The molecule has 1 amide bonds. The summed E-state index contributed by atoms with van der Waals surface area (Å²) in [5, 5.41) is 3.69. The molecule has 0 N–H and O–H groups in total. The molecule has 9 heteroatoms. The van der Waals surface area contributed by atoms with E-state index in [-0.39, 0.29) is 29.7 Å². The van der Waals surface area contributed by atoms with Crippen molar-refractivity contribution in [3.63, 3.8) is 0 Å². The first kappa shape index (κ1) is 16.9. The predicted molar refractivity (Wildman–Crippen MR) is 77.8 cm³/mol. The van der Waals surface area contributed by atoms with E-state index < -0.39 is 10.0 Å². The van der Waals surface area contributed by atoms with E-state index in [9.17, 15) is 13.2 Å². The standard InChI is InChI=1S/C13H21N3O5S/c1-10-13(11(2)21-14-10)22(18,19)16-7-5-15(6-8-16)12(17)4-9-20-3/h4-9H2,1-3H3. The van der Waals surface area contributed by atoms with E-state index >= 15 is 0 Å². The molecule has 0 atom stereocenters. The fourth-order valence-electron chi connectivity index (χ4n) is 2.50. The van der Waals surface area contributed by atoms with Crippen molar-refractivity contribution >= 4 is 15.9 Å². The van der Waals surface area contributed by atoms with Gasteiger partial charge in [0.25, 0.3) is 0 Å². The number of carbonyl (C=O) groups excluding carboxylic acids is 1. The number of amides is 1. The molecule has 1 aromatic heterocycles. The highest BCUT2D eigenvalue weighted by atomic mass is 32.2. The summed E-state index contributed by atoms with van der Waals surface area (Å²) in [6.45, 7) is 4.86. The van der Waals surface area contributed by atoms with Crippen LogP contribution in [0.15, 0.2) is 9.42 Å². The molecule has 1 aromatic rings. The van der Waals surface area contributed by atoms with Crippen LogP contribution in [-0.4, -0.2) is 68.6 Å². The van der Waals surface area contributed by atoms with Gasteiger partial charge in [0, 0.05) is 33.3 Å². The summed E-state index contributed by atoms with van der Waals surface area (Å²) in [7, 11) is -2.09. The number of methoxy groups -OCH3 is 1. The van der Waals surface area contributed by atoms with Crippen LogP contribution in [0.25, 0.3) is 0 Å². The first-order valence-electron chi connectivity index (χ1n) is 7.07. The SMILES string of the molecule is COCCC(=O)N1CCN(S(=O)(=O)c2c(C)noc2C)CC1. The third-order valence-corrected chi connectivity index (χ3v) is 5.82. The minimum absolute atomic E-state index is 0.0174. The largest absolute Gasteiger partial charge is 0.384 e. The van der Waals surface area contributed by atoms with E-state index in [0.717, 1.165) is 0 Å². The van der Waals surface area contributed by atoms with Gasteiger partial charge in [-0.2, -0.15) is 4.31 Å². The van der Waals surface area contributed by atoms with Crippen LogP contribution in [0, 0.1) is 13.8 Å². The van der Waals surface area contributed by atoms with Crippen LogP contribution in [0.5, 0.6) is 0 Å². The van der Waals surface area contributed by atoms with Gasteiger partial charge in [-0.05, 0) is 13.8 Å². The Morgan fingerprint density at radius 2 is 1.91 bits per heavy atom. The lowest BCUT2D eigenvalue weighted by Crippen LogP contribution is -2.50. The molecule has 0 aromatic carbocycles. The molecule has 2 rings (SSSR count). The van der Waals surface area contributed by atoms with E-state index in [1.54, 1.807) is 25.9 Å². The van der Waals surface area contributed by atoms with Gasteiger partial charge < -0.3 is 14.2 Å². The molecule has 0 aliphatic carbocycles. The quantitative estimate of drug-likeness (QED) is 0.763. The summed E-state index contributed by atoms with van der Waals surface area (Å²) in [5.74, 6) is 0.271. The number of nitrogens with zero attached hydrogens (tertiary/aromatic N) is 3. The van der Waals surface area contributed by atoms with Gasteiger partial charge in [-0.1, -0.05) is 5.16 Å². The summed E-state index contributed by atoms with van der Waals surface area (Å²) in [6, 6.07) is 0. The van der Waals surface area contributed by atoms with Gasteiger partial charge in [-0.15, -0.1) is 0 Å². The van der Waals surface area contributed by atoms with Crippen molar-refractivity contribution < 1.29 is 22.5 Å². The lowest BCUT2D eigenvalue weighted by atomic mass is 10.3. The first-order valence-corrected chi connectivity index (χ1v) is 8.51. The Bertz CT molecular complexity index is 613. The van der Waals surface area contributed by atoms with Crippen LogP contribution in [0.2, 0.25) is 0 Å². The van der Waals surface area contributed by atoms with Gasteiger partial charge in [0.15, 0.2) is 5.76 Å². The van der Waals surface area contributed by atoms with Crippen LogP contribution in [0.3, 0.4) is 0 Å². The minimum atomic E-state index is -3.63. The number of aromatic nitrogens is 1. The van der Waals surface area contributed by atoms with E-state index in [0.29, 0.717) is 31.8 Å². The molecule has 1 aliphatic heterocycles. The van der Waals surface area contributed by atoms with Crippen molar-refractivity contribution in [2.75, 3.05) is 39.9 Å². The van der Waals surface area contributed by atoms with Crippen molar-refractivity contribution in [1.29, 1.82) is 0 Å². The molecule has 0 spiro atoms. The number of sulfonamides is 1. The topological polar surface area (TPSA) is 93.0 Å². The zero-order chi connectivity index (χ0) is 16.3. The summed E-state index contributed by atoms with van der Waals surface area (Å²) in [6.07, 6.45) is 0.313. The third kappa shape index (κ3) is 3.31. The second-order valence-electron chi connectivity index (χ2n) is 5.18. The van der Waals surface area contributed by atoms with Crippen molar-refractivity contribution in [2.45, 2.75) is 25.2 Å². The molecule has 1 aliphatic rings. The van der Waals surface area contributed by atoms with Crippen molar-refractivity contribution in [2.24, 2.45) is 0 Å². The minimum Gasteiger partial charge on any atom is -0.384 e. The lowest BCUT2D eigenvalue weighted by molar-refractivity contribution is -0.133. The zero-order valence-corrected chi connectivity index (χ0v) is 13.9. The number of piperazine rings is 1. The molecule has 2 heterocycles. The molecule has 0 bridgehead atoms. The smallest absolute Gasteiger partial charge is 0.248 e. The second-order valence-corrected chi connectivity index (χ2v) is 7.06. The Kier molecular flexibility index (Phi) is 5.20. The monoisotopic (exact) mass is 331 g/mol. The van der Waals surface area contributed by atoms with Crippen molar-refractivity contribution in [3.05, 3.63) is 11.5 Å². The maximum atomic E-state index is 12.6. The Labute approximate surface area is 130 Å². The van der Waals surface area contributed by atoms with E-state index in [2.05, 4.69) is 5.16 Å². The van der Waals surface area contributed by atoms with E-state index in [4.69, 9.17) is 9.26 Å². The lowest BCUT2D eigenvalue weighted by Gasteiger charge is -2.33. The van der Waals surface area contributed by atoms with E-state index in [1.807, 2.05) is 0 Å². The average Bonchev–Trinajstić information content (AvgIpc) is 2.84. The second kappa shape index (κ2) is 6.76. The summed E-state index contributed by atoms with van der Waals surface area (Å²) < 4.78 is 36.5. The zero-order valence-electron chi connectivity index (χ0n) is 13.0. The number of ether oxygens (including phenoxy) is 1. The van der Waals surface area contributed by atoms with Gasteiger partial charge >= 0.3 is 0 Å². The molecular formula is C13H21N3O5S. The predicted octanol–water partition coefficient (Wildman–Crippen LogP) is 0.161. The highest BCUT2D eigenvalue weighted by Crippen LogP contribution is 2.24. The first-order chi connectivity index (χ1) is 10.4. The summed E-state index contributed by atoms with van der Waals surface area (Å²) in [4.78, 5) is 13.7. The Balaban J connectivity index is 2.04.